The van der Waals surface area contributed by atoms with Crippen LogP contribution in [-0.2, 0) is 4.79 Å². The molecule has 1 aromatic rings. The van der Waals surface area contributed by atoms with Gasteiger partial charge in [-0.05, 0) is 26.5 Å². The summed E-state index contributed by atoms with van der Waals surface area (Å²) in [5.41, 5.74) is 0.830. The van der Waals surface area contributed by atoms with Gasteiger partial charge >= 0.3 is 0 Å². The molecule has 114 valence electrons. The zero-order valence-corrected chi connectivity index (χ0v) is 12.9. The van der Waals surface area contributed by atoms with E-state index in [1.165, 1.54) is 6.20 Å². The first-order valence-corrected chi connectivity index (χ1v) is 7.08. The van der Waals surface area contributed by atoms with Gasteiger partial charge in [-0.3, -0.25) is 14.7 Å². The molecule has 2 heterocycles. The minimum absolute atomic E-state index is 0.0148. The first kappa shape index (κ1) is 16.9. The number of amides is 1. The van der Waals surface area contributed by atoms with Crippen LogP contribution in [0.15, 0.2) is 12.3 Å². The van der Waals surface area contributed by atoms with Crippen LogP contribution in [0.2, 0.25) is 0 Å². The van der Waals surface area contributed by atoms with E-state index in [4.69, 9.17) is 5.26 Å². The number of aromatic nitrogens is 1. The van der Waals surface area contributed by atoms with Crippen molar-refractivity contribution in [3.63, 3.8) is 0 Å². The van der Waals surface area contributed by atoms with E-state index in [1.807, 2.05) is 25.8 Å². The number of nitrogens with zero attached hydrogens (tertiary/aromatic N) is 3. The van der Waals surface area contributed by atoms with Crippen LogP contribution in [0.3, 0.4) is 0 Å². The minimum atomic E-state index is -0.234. The highest BCUT2D eigenvalue weighted by molar-refractivity contribution is 5.94. The zero-order chi connectivity index (χ0) is 16.0. The number of nitriles is 1. The second-order valence-corrected chi connectivity index (χ2v) is 4.80. The average molecular weight is 290 g/mol. The van der Waals surface area contributed by atoms with E-state index in [2.05, 4.69) is 16.4 Å². The highest BCUT2D eigenvalue weighted by Gasteiger charge is 2.34. The number of carbonyl (C=O) groups excluding carboxylic acids is 1. The Morgan fingerprint density at radius 1 is 1.57 bits per heavy atom. The van der Waals surface area contributed by atoms with Crippen molar-refractivity contribution in [3.8, 4) is 11.8 Å². The number of carbonyl (C=O) groups is 1. The molecule has 0 saturated carbocycles. The van der Waals surface area contributed by atoms with Gasteiger partial charge < -0.3 is 10.4 Å². The molecule has 21 heavy (non-hydrogen) atoms. The first-order chi connectivity index (χ1) is 10.0. The summed E-state index contributed by atoms with van der Waals surface area (Å²) in [5.74, 6) is -0.424. The third-order valence-electron chi connectivity index (χ3n) is 3.43. The van der Waals surface area contributed by atoms with E-state index >= 15 is 0 Å². The summed E-state index contributed by atoms with van der Waals surface area (Å²) in [7, 11) is 1.83. The van der Waals surface area contributed by atoms with Crippen molar-refractivity contribution in [2.75, 3.05) is 18.9 Å². The maximum atomic E-state index is 12.1. The minimum Gasteiger partial charge on any atom is -0.504 e. The molecule has 1 amide bonds. The monoisotopic (exact) mass is 290 g/mol. The third-order valence-corrected chi connectivity index (χ3v) is 3.43. The van der Waals surface area contributed by atoms with Gasteiger partial charge in [-0.1, -0.05) is 13.8 Å². The third kappa shape index (κ3) is 3.92. The predicted molar refractivity (Wildman–Crippen MR) is 80.8 cm³/mol. The van der Waals surface area contributed by atoms with Crippen LogP contribution >= 0.6 is 0 Å². The van der Waals surface area contributed by atoms with Crippen LogP contribution in [0.1, 0.15) is 26.0 Å². The second kappa shape index (κ2) is 7.60. The molecule has 2 rings (SSSR count). The lowest BCUT2D eigenvalue weighted by atomic mass is 10.1. The number of aryl methyl sites for hydroxylation is 1. The number of likely N-dealkylation sites (tertiary alicyclic amines) is 1. The highest BCUT2D eigenvalue weighted by Crippen LogP contribution is 2.27. The van der Waals surface area contributed by atoms with Gasteiger partial charge in [0.1, 0.15) is 0 Å². The normalized spacial score (nSPS) is 21.1. The molecule has 0 aliphatic carbocycles. The fraction of sp³-hybridized carbons (Fsp3) is 0.533. The first-order valence-electron chi connectivity index (χ1n) is 7.08. The van der Waals surface area contributed by atoms with Crippen molar-refractivity contribution in [2.24, 2.45) is 5.92 Å². The van der Waals surface area contributed by atoms with Crippen LogP contribution in [-0.4, -0.2) is 40.5 Å². The van der Waals surface area contributed by atoms with Gasteiger partial charge in [0, 0.05) is 12.7 Å². The molecule has 1 saturated heterocycles. The SMILES string of the molecule is CC.Cc1nccc(NC(=O)C2CC(C#N)N(C)C2)c1O. The number of rotatable bonds is 2. The molecule has 1 aliphatic rings. The fourth-order valence-corrected chi connectivity index (χ4v) is 2.23. The van der Waals surface area contributed by atoms with E-state index < -0.39 is 0 Å². The van der Waals surface area contributed by atoms with E-state index in [0.717, 1.165) is 0 Å². The van der Waals surface area contributed by atoms with Gasteiger partial charge in [0.25, 0.3) is 0 Å². The zero-order valence-electron chi connectivity index (χ0n) is 12.9. The lowest BCUT2D eigenvalue weighted by Gasteiger charge is -2.12. The van der Waals surface area contributed by atoms with Gasteiger partial charge in [-0.2, -0.15) is 5.26 Å². The van der Waals surface area contributed by atoms with Gasteiger partial charge in [-0.25, -0.2) is 0 Å². The van der Waals surface area contributed by atoms with E-state index in [-0.39, 0.29) is 23.6 Å². The molecular weight excluding hydrogens is 268 g/mol. The fourth-order valence-electron chi connectivity index (χ4n) is 2.23. The standard InChI is InChI=1S/C13H16N4O2.C2H6/c1-8-12(18)11(3-4-15-8)16-13(19)9-5-10(6-14)17(2)7-9;1-2/h3-4,9-10,18H,5,7H2,1-2H3,(H,15,16,19);1-2H3. The molecule has 0 radical (unpaired) electrons. The van der Waals surface area contributed by atoms with Crippen molar-refractivity contribution >= 4 is 11.6 Å². The van der Waals surface area contributed by atoms with Gasteiger partial charge in [0.2, 0.25) is 5.91 Å². The summed E-state index contributed by atoms with van der Waals surface area (Å²) >= 11 is 0. The van der Waals surface area contributed by atoms with E-state index in [9.17, 15) is 9.90 Å². The van der Waals surface area contributed by atoms with Crippen molar-refractivity contribution in [3.05, 3.63) is 18.0 Å². The average Bonchev–Trinajstić information content (AvgIpc) is 2.87. The maximum absolute atomic E-state index is 12.1. The Balaban J connectivity index is 0.00000106. The molecule has 2 unspecified atom stereocenters. The Morgan fingerprint density at radius 3 is 2.81 bits per heavy atom. The summed E-state index contributed by atoms with van der Waals surface area (Å²) in [6.45, 7) is 6.22. The molecule has 6 nitrogen and oxygen atoms in total. The van der Waals surface area contributed by atoms with Gasteiger partial charge in [-0.15, -0.1) is 0 Å². The number of nitrogens with one attached hydrogen (secondary N) is 1. The molecule has 2 atom stereocenters. The smallest absolute Gasteiger partial charge is 0.228 e. The summed E-state index contributed by atoms with van der Waals surface area (Å²) in [4.78, 5) is 17.9. The number of hydrogen-bond acceptors (Lipinski definition) is 5. The van der Waals surface area contributed by atoms with Gasteiger partial charge in [0.15, 0.2) is 5.75 Å². The predicted octanol–water partition coefficient (Wildman–Crippen LogP) is 1.90. The molecule has 0 spiro atoms. The Morgan fingerprint density at radius 2 is 2.24 bits per heavy atom. The largest absolute Gasteiger partial charge is 0.504 e. The Hall–Kier alpha value is -2.13. The topological polar surface area (TPSA) is 89.2 Å². The van der Waals surface area contributed by atoms with Crippen LogP contribution in [0.25, 0.3) is 0 Å². The Bertz CT molecular complexity index is 539. The van der Waals surface area contributed by atoms with Crippen molar-refractivity contribution in [1.82, 2.24) is 9.88 Å². The van der Waals surface area contributed by atoms with Gasteiger partial charge in [0.05, 0.1) is 29.4 Å². The van der Waals surface area contributed by atoms with Crippen LogP contribution in [0, 0.1) is 24.2 Å². The summed E-state index contributed by atoms with van der Waals surface area (Å²) < 4.78 is 0. The Kier molecular flexibility index (Phi) is 6.12. The summed E-state index contributed by atoms with van der Waals surface area (Å²) in [6, 6.07) is 3.51. The van der Waals surface area contributed by atoms with E-state index in [0.29, 0.717) is 24.3 Å². The summed E-state index contributed by atoms with van der Waals surface area (Å²) in [5, 5.41) is 21.4. The number of anilines is 1. The molecule has 0 bridgehead atoms. The summed E-state index contributed by atoms with van der Waals surface area (Å²) in [6.07, 6.45) is 2.05. The van der Waals surface area contributed by atoms with Crippen molar-refractivity contribution < 1.29 is 9.90 Å². The van der Waals surface area contributed by atoms with Crippen LogP contribution in [0.5, 0.6) is 5.75 Å². The Labute approximate surface area is 125 Å². The quantitative estimate of drug-likeness (QED) is 0.868. The maximum Gasteiger partial charge on any atom is 0.228 e. The molecule has 1 fully saturated rings. The van der Waals surface area contributed by atoms with Crippen molar-refractivity contribution in [1.29, 1.82) is 5.26 Å². The van der Waals surface area contributed by atoms with E-state index in [1.54, 1.807) is 13.0 Å². The number of hydrogen-bond donors (Lipinski definition) is 2. The lowest BCUT2D eigenvalue weighted by Crippen LogP contribution is -2.26. The highest BCUT2D eigenvalue weighted by atomic mass is 16.3. The van der Waals surface area contributed by atoms with Crippen LogP contribution < -0.4 is 5.32 Å². The lowest BCUT2D eigenvalue weighted by molar-refractivity contribution is -0.119. The molecule has 6 heteroatoms. The second-order valence-electron chi connectivity index (χ2n) is 4.80. The van der Waals surface area contributed by atoms with Crippen LogP contribution in [0.4, 0.5) is 5.69 Å². The molecule has 1 aromatic heterocycles. The molecule has 0 aromatic carbocycles. The molecule has 1 aliphatic heterocycles. The molecular formula is C15H22N4O2. The van der Waals surface area contributed by atoms with Crippen molar-refractivity contribution in [2.45, 2.75) is 33.2 Å². The molecule has 2 N–H and O–H groups in total. The number of pyridine rings is 1. The number of aromatic hydroxyl groups is 1.